The zero-order valence-electron chi connectivity index (χ0n) is 19.5. The Kier molecular flexibility index (Phi) is 8.18. The molecule has 3 aliphatic rings. The van der Waals surface area contributed by atoms with E-state index in [2.05, 4.69) is 4.99 Å². The van der Waals surface area contributed by atoms with Gasteiger partial charge in [-0.05, 0) is 50.9 Å². The Hall–Kier alpha value is -2.26. The first-order valence-corrected chi connectivity index (χ1v) is 12.1. The number of carbonyl (C=O) groups excluding carboxylic acids is 2. The van der Waals surface area contributed by atoms with Crippen molar-refractivity contribution in [2.75, 3.05) is 6.54 Å². The summed E-state index contributed by atoms with van der Waals surface area (Å²) in [5.74, 6) is -3.38. The predicted molar refractivity (Wildman–Crippen MR) is 120 cm³/mol. The summed E-state index contributed by atoms with van der Waals surface area (Å²) in [6, 6.07) is -1.56. The number of hydrogen-bond acceptors (Lipinski definition) is 5. The molecule has 0 aromatic heterocycles. The van der Waals surface area contributed by atoms with Crippen LogP contribution in [0.3, 0.4) is 0 Å². The summed E-state index contributed by atoms with van der Waals surface area (Å²) in [6.45, 7) is 1.79. The molecule has 0 aromatic carbocycles. The monoisotopic (exact) mass is 485 g/mol. The van der Waals surface area contributed by atoms with Gasteiger partial charge in [-0.25, -0.2) is 0 Å². The van der Waals surface area contributed by atoms with Crippen molar-refractivity contribution in [3.63, 3.8) is 0 Å². The number of hydrogen-bond donors (Lipinski definition) is 2. The van der Waals surface area contributed by atoms with Crippen molar-refractivity contribution in [2.45, 2.75) is 89.4 Å². The van der Waals surface area contributed by atoms with Crippen molar-refractivity contribution in [3.05, 3.63) is 0 Å². The van der Waals surface area contributed by atoms with E-state index in [4.69, 9.17) is 5.41 Å². The third-order valence-corrected chi connectivity index (χ3v) is 8.05. The largest absolute Gasteiger partial charge is 0.481 e. The minimum atomic E-state index is -4.93. The van der Waals surface area contributed by atoms with Gasteiger partial charge in [-0.3, -0.25) is 14.6 Å². The lowest BCUT2D eigenvalue weighted by Crippen LogP contribution is -2.47. The molecule has 3 atom stereocenters. The van der Waals surface area contributed by atoms with E-state index in [0.717, 1.165) is 32.1 Å². The van der Waals surface area contributed by atoms with E-state index in [1.54, 1.807) is 6.92 Å². The number of aldehydes is 1. The molecule has 190 valence electrons. The molecule has 7 nitrogen and oxygen atoms in total. The van der Waals surface area contributed by atoms with E-state index < -0.39 is 47.2 Å². The maximum Gasteiger partial charge on any atom is 0.430 e. The number of rotatable bonds is 7. The van der Waals surface area contributed by atoms with Gasteiger partial charge in [-0.2, -0.15) is 13.2 Å². The van der Waals surface area contributed by atoms with E-state index in [1.165, 1.54) is 4.90 Å². The summed E-state index contributed by atoms with van der Waals surface area (Å²) >= 11 is 0. The van der Waals surface area contributed by atoms with Gasteiger partial charge in [-0.1, -0.05) is 32.1 Å². The van der Waals surface area contributed by atoms with Crippen molar-refractivity contribution >= 4 is 30.1 Å². The molecule has 3 unspecified atom stereocenters. The van der Waals surface area contributed by atoms with Crippen LogP contribution in [-0.4, -0.2) is 64.9 Å². The number of likely N-dealkylation sites (tertiary alicyclic amines) is 1. The van der Waals surface area contributed by atoms with Crippen LogP contribution in [0.2, 0.25) is 0 Å². The molecule has 0 spiro atoms. The molecule has 10 heteroatoms. The zero-order valence-corrected chi connectivity index (χ0v) is 19.5. The van der Waals surface area contributed by atoms with Crippen molar-refractivity contribution in [2.24, 2.45) is 28.2 Å². The number of carboxylic acid groups (broad SMARTS) is 1. The van der Waals surface area contributed by atoms with Gasteiger partial charge < -0.3 is 20.2 Å². The summed E-state index contributed by atoms with van der Waals surface area (Å²) in [4.78, 5) is 41.5. The normalized spacial score (nSPS) is 32.3. The topological polar surface area (TPSA) is 111 Å². The van der Waals surface area contributed by atoms with Crippen LogP contribution < -0.4 is 0 Å². The van der Waals surface area contributed by atoms with Crippen LogP contribution in [-0.2, 0) is 14.4 Å². The third kappa shape index (κ3) is 5.68. The summed E-state index contributed by atoms with van der Waals surface area (Å²) < 4.78 is 42.1. The first kappa shape index (κ1) is 26.3. The van der Waals surface area contributed by atoms with Crippen molar-refractivity contribution in [3.8, 4) is 0 Å². The van der Waals surface area contributed by atoms with Crippen molar-refractivity contribution in [1.82, 2.24) is 4.90 Å². The molecule has 1 heterocycles. The Balaban J connectivity index is 1.79. The molecule has 2 aliphatic carbocycles. The van der Waals surface area contributed by atoms with Crippen LogP contribution in [0, 0.1) is 28.6 Å². The van der Waals surface area contributed by atoms with E-state index >= 15 is 0 Å². The minimum Gasteiger partial charge on any atom is -0.481 e. The number of halogens is 3. The average Bonchev–Trinajstić information content (AvgIpc) is 3.24. The third-order valence-electron chi connectivity index (χ3n) is 8.05. The lowest BCUT2D eigenvalue weighted by Gasteiger charge is -2.33. The smallest absolute Gasteiger partial charge is 0.430 e. The molecule has 3 rings (SSSR count). The number of alkyl halides is 3. The lowest BCUT2D eigenvalue weighted by atomic mass is 9.74. The van der Waals surface area contributed by atoms with Gasteiger partial charge in [0, 0.05) is 12.8 Å². The first-order chi connectivity index (χ1) is 16.0. The molecule has 0 aromatic rings. The van der Waals surface area contributed by atoms with Crippen LogP contribution in [0.5, 0.6) is 0 Å². The second kappa shape index (κ2) is 10.6. The number of aliphatic carboxylic acids is 1. The van der Waals surface area contributed by atoms with E-state index in [-0.39, 0.29) is 38.1 Å². The SMILES string of the molecule is CC1(C(=O)O)CCC(N=C(C(C=N)C(=O)N2CC(C3CCCCC3)CC2C=O)C(F)(F)F)CC1. The number of carboxylic acids is 1. The molecule has 3 fully saturated rings. The zero-order chi connectivity index (χ0) is 25.1. The highest BCUT2D eigenvalue weighted by Gasteiger charge is 2.48. The Morgan fingerprint density at radius 1 is 1.12 bits per heavy atom. The Morgan fingerprint density at radius 3 is 2.24 bits per heavy atom. The Morgan fingerprint density at radius 2 is 1.74 bits per heavy atom. The molecule has 2 saturated carbocycles. The number of amides is 1. The predicted octanol–water partition coefficient (Wildman–Crippen LogP) is 4.29. The Labute approximate surface area is 197 Å². The average molecular weight is 486 g/mol. The van der Waals surface area contributed by atoms with Gasteiger partial charge in [0.25, 0.3) is 0 Å². The molecule has 1 aliphatic heterocycles. The number of aliphatic imine (C=N–C) groups is 1. The van der Waals surface area contributed by atoms with Gasteiger partial charge in [0.05, 0.1) is 17.5 Å². The quantitative estimate of drug-likeness (QED) is 0.414. The number of nitrogens with zero attached hydrogens (tertiary/aromatic N) is 2. The molecular formula is C24H34F3N3O4. The summed E-state index contributed by atoms with van der Waals surface area (Å²) in [5, 5.41) is 17.0. The van der Waals surface area contributed by atoms with Crippen LogP contribution >= 0.6 is 0 Å². The molecule has 1 amide bonds. The van der Waals surface area contributed by atoms with Gasteiger partial charge in [0.15, 0.2) is 0 Å². The van der Waals surface area contributed by atoms with Gasteiger partial charge in [-0.15, -0.1) is 0 Å². The fourth-order valence-corrected chi connectivity index (χ4v) is 5.78. The van der Waals surface area contributed by atoms with E-state index in [1.807, 2.05) is 0 Å². The number of carbonyl (C=O) groups is 3. The Bertz CT molecular complexity index is 815. The highest BCUT2D eigenvalue weighted by molar-refractivity contribution is 6.17. The number of nitrogens with one attached hydrogen (secondary N) is 1. The first-order valence-electron chi connectivity index (χ1n) is 12.1. The molecule has 0 radical (unpaired) electrons. The van der Waals surface area contributed by atoms with Crippen LogP contribution in [0.4, 0.5) is 13.2 Å². The molecule has 1 saturated heterocycles. The fourth-order valence-electron chi connectivity index (χ4n) is 5.78. The highest BCUT2D eigenvalue weighted by atomic mass is 19.4. The van der Waals surface area contributed by atoms with Crippen LogP contribution in [0.1, 0.15) is 71.1 Å². The second-order valence-corrected chi connectivity index (χ2v) is 10.3. The summed E-state index contributed by atoms with van der Waals surface area (Å²) in [5.41, 5.74) is -2.33. The van der Waals surface area contributed by atoms with Gasteiger partial charge in [0.2, 0.25) is 5.91 Å². The summed E-state index contributed by atoms with van der Waals surface area (Å²) in [6.07, 6.45) is 2.61. The maximum atomic E-state index is 14.0. The minimum absolute atomic E-state index is 0.0733. The standard InChI is InChI=1S/C24H34F3N3O4/c1-23(22(33)34)9-7-17(8-10-23)29-20(24(25,26)27)19(12-28)21(32)30-13-16(11-18(30)14-31)15-5-3-2-4-6-15/h12,14-19,28H,2-11,13H2,1H3,(H,33,34). The van der Waals surface area contributed by atoms with Gasteiger partial charge >= 0.3 is 12.1 Å². The van der Waals surface area contributed by atoms with Gasteiger partial charge in [0.1, 0.15) is 17.9 Å². The van der Waals surface area contributed by atoms with E-state index in [9.17, 15) is 32.7 Å². The van der Waals surface area contributed by atoms with Crippen molar-refractivity contribution < 1.29 is 32.7 Å². The van der Waals surface area contributed by atoms with Crippen molar-refractivity contribution in [1.29, 1.82) is 5.41 Å². The van der Waals surface area contributed by atoms with E-state index in [0.29, 0.717) is 24.8 Å². The molecule has 2 N–H and O–H groups in total. The highest BCUT2D eigenvalue weighted by Crippen LogP contribution is 2.40. The summed E-state index contributed by atoms with van der Waals surface area (Å²) in [7, 11) is 0. The van der Waals surface area contributed by atoms with Crippen LogP contribution in [0.15, 0.2) is 4.99 Å². The molecular weight excluding hydrogens is 451 g/mol. The molecule has 0 bridgehead atoms. The van der Waals surface area contributed by atoms with Crippen LogP contribution in [0.25, 0.3) is 0 Å². The second-order valence-electron chi connectivity index (χ2n) is 10.3. The fraction of sp³-hybridized carbons (Fsp3) is 0.792. The maximum absolute atomic E-state index is 14.0. The molecule has 34 heavy (non-hydrogen) atoms. The lowest BCUT2D eigenvalue weighted by molar-refractivity contribution is -0.149.